The molecule has 0 atom stereocenters. The van der Waals surface area contributed by atoms with E-state index in [2.05, 4.69) is 61.0 Å². The summed E-state index contributed by atoms with van der Waals surface area (Å²) < 4.78 is 8.27. The summed E-state index contributed by atoms with van der Waals surface area (Å²) in [7, 11) is 0. The molecule has 1 heterocycles. The molecule has 0 aliphatic rings. The maximum Gasteiger partial charge on any atom is 0.224 e. The molecule has 0 radical (unpaired) electrons. The van der Waals surface area contributed by atoms with Crippen molar-refractivity contribution in [3.63, 3.8) is 0 Å². The summed E-state index contributed by atoms with van der Waals surface area (Å²) in [5, 5.41) is 3.07. The number of aryl methyl sites for hydroxylation is 2. The third-order valence-corrected chi connectivity index (χ3v) is 6.53. The van der Waals surface area contributed by atoms with Crippen LogP contribution in [0.1, 0.15) is 49.7 Å². The normalized spacial score (nSPS) is 11.6. The van der Waals surface area contributed by atoms with Gasteiger partial charge in [0.25, 0.3) is 0 Å². The van der Waals surface area contributed by atoms with Crippen LogP contribution in [-0.4, -0.2) is 28.6 Å². The highest BCUT2D eigenvalue weighted by Gasteiger charge is 2.14. The first-order valence-electron chi connectivity index (χ1n) is 12.8. The van der Waals surface area contributed by atoms with Crippen LogP contribution < -0.4 is 10.1 Å². The Morgan fingerprint density at radius 1 is 0.972 bits per heavy atom. The average molecular weight is 484 g/mol. The van der Waals surface area contributed by atoms with Gasteiger partial charge < -0.3 is 14.6 Å². The smallest absolute Gasteiger partial charge is 0.224 e. The molecule has 4 rings (SSSR count). The lowest BCUT2D eigenvalue weighted by atomic mass is 9.87. The molecule has 0 fully saturated rings. The van der Waals surface area contributed by atoms with E-state index in [1.165, 1.54) is 5.56 Å². The van der Waals surface area contributed by atoms with Crippen molar-refractivity contribution in [1.29, 1.82) is 0 Å². The molecule has 188 valence electrons. The number of hydrogen-bond acceptors (Lipinski definition) is 3. The Balaban J connectivity index is 1.32. The van der Waals surface area contributed by atoms with Crippen molar-refractivity contribution in [3.05, 3.63) is 95.3 Å². The second kappa shape index (κ2) is 11.4. The third-order valence-electron chi connectivity index (χ3n) is 6.53. The highest BCUT2D eigenvalue weighted by Crippen LogP contribution is 2.24. The van der Waals surface area contributed by atoms with Gasteiger partial charge >= 0.3 is 0 Å². The van der Waals surface area contributed by atoms with Crippen LogP contribution in [0, 0.1) is 6.92 Å². The lowest BCUT2D eigenvalue weighted by molar-refractivity contribution is -0.120. The molecule has 0 aliphatic heterocycles. The van der Waals surface area contributed by atoms with Crippen molar-refractivity contribution >= 4 is 16.9 Å². The lowest BCUT2D eigenvalue weighted by Crippen LogP contribution is -2.28. The van der Waals surface area contributed by atoms with Gasteiger partial charge in [0.05, 0.1) is 24.1 Å². The van der Waals surface area contributed by atoms with Crippen LogP contribution in [0.5, 0.6) is 5.75 Å². The van der Waals surface area contributed by atoms with Gasteiger partial charge in [-0.3, -0.25) is 4.79 Å². The zero-order valence-electron chi connectivity index (χ0n) is 21.9. The number of hydrogen-bond donors (Lipinski definition) is 1. The molecule has 1 amide bonds. The van der Waals surface area contributed by atoms with Gasteiger partial charge in [-0.2, -0.15) is 0 Å². The number of amides is 1. The zero-order chi connectivity index (χ0) is 25.5. The van der Waals surface area contributed by atoms with Crippen LogP contribution in [-0.2, 0) is 29.6 Å². The quantitative estimate of drug-likeness (QED) is 0.281. The van der Waals surface area contributed by atoms with Gasteiger partial charge in [0, 0.05) is 19.5 Å². The lowest BCUT2D eigenvalue weighted by Gasteiger charge is -2.19. The molecule has 0 bridgehead atoms. The Labute approximate surface area is 214 Å². The molecular weight excluding hydrogens is 446 g/mol. The summed E-state index contributed by atoms with van der Waals surface area (Å²) in [4.78, 5) is 17.3. The Hall–Kier alpha value is -3.60. The summed E-state index contributed by atoms with van der Waals surface area (Å²) in [5.41, 5.74) is 5.75. The van der Waals surface area contributed by atoms with Crippen LogP contribution in [0.2, 0.25) is 0 Å². The molecule has 4 aromatic rings. The topological polar surface area (TPSA) is 56.2 Å². The average Bonchev–Trinajstić information content (AvgIpc) is 3.20. The maximum absolute atomic E-state index is 12.5. The number of nitrogens with one attached hydrogen (secondary N) is 1. The number of imidazole rings is 1. The monoisotopic (exact) mass is 483 g/mol. The second-order valence-electron chi connectivity index (χ2n) is 10.3. The van der Waals surface area contributed by atoms with Crippen LogP contribution in [0.25, 0.3) is 11.0 Å². The van der Waals surface area contributed by atoms with Gasteiger partial charge in [-0.15, -0.1) is 0 Å². The molecule has 1 N–H and O–H groups in total. The van der Waals surface area contributed by atoms with E-state index in [0.29, 0.717) is 26.0 Å². The van der Waals surface area contributed by atoms with Gasteiger partial charge in [0.15, 0.2) is 0 Å². The molecule has 3 aromatic carbocycles. The van der Waals surface area contributed by atoms with E-state index < -0.39 is 0 Å². The van der Waals surface area contributed by atoms with E-state index in [1.807, 2.05) is 49.4 Å². The van der Waals surface area contributed by atoms with Gasteiger partial charge in [-0.05, 0) is 59.7 Å². The molecule has 0 unspecified atom stereocenters. The Morgan fingerprint density at radius 2 is 1.69 bits per heavy atom. The Bertz CT molecular complexity index is 1300. The summed E-state index contributed by atoms with van der Waals surface area (Å²) in [6.45, 7) is 10.7. The summed E-state index contributed by atoms with van der Waals surface area (Å²) >= 11 is 0. The van der Waals surface area contributed by atoms with E-state index in [4.69, 9.17) is 9.72 Å². The highest BCUT2D eigenvalue weighted by atomic mass is 16.5. The van der Waals surface area contributed by atoms with Gasteiger partial charge in [-0.1, -0.05) is 69.3 Å². The van der Waals surface area contributed by atoms with E-state index in [0.717, 1.165) is 46.7 Å². The largest absolute Gasteiger partial charge is 0.494 e. The SMILES string of the molecule is Cc1ccccc1CC(=O)NCCc1nc2ccccc2n1CCCOc1ccc(C(C)(C)C)cc1. The predicted octanol–water partition coefficient (Wildman–Crippen LogP) is 6.01. The zero-order valence-corrected chi connectivity index (χ0v) is 21.9. The van der Waals surface area contributed by atoms with Gasteiger partial charge in [-0.25, -0.2) is 4.98 Å². The standard InChI is InChI=1S/C31H37N3O2/c1-23-10-5-6-11-24(23)22-30(35)32-19-18-29-33-27-12-7-8-13-28(27)34(29)20-9-21-36-26-16-14-25(15-17-26)31(2,3)4/h5-8,10-17H,9,18-22H2,1-4H3,(H,32,35). The number of fused-ring (bicyclic) bond motifs is 1. The molecule has 0 saturated heterocycles. The molecule has 0 spiro atoms. The summed E-state index contributed by atoms with van der Waals surface area (Å²) in [6, 6.07) is 24.6. The fourth-order valence-electron chi connectivity index (χ4n) is 4.39. The number of carbonyl (C=O) groups is 1. The molecule has 0 aliphatic carbocycles. The summed E-state index contributed by atoms with van der Waals surface area (Å²) in [6.07, 6.45) is 1.95. The van der Waals surface area contributed by atoms with E-state index >= 15 is 0 Å². The van der Waals surface area contributed by atoms with Crippen LogP contribution in [0.15, 0.2) is 72.8 Å². The fraction of sp³-hybridized carbons (Fsp3) is 0.355. The molecule has 0 saturated carbocycles. The number of aromatic nitrogens is 2. The van der Waals surface area contributed by atoms with Gasteiger partial charge in [0.1, 0.15) is 11.6 Å². The van der Waals surface area contributed by atoms with Crippen molar-refractivity contribution in [3.8, 4) is 5.75 Å². The van der Waals surface area contributed by atoms with Crippen LogP contribution in [0.4, 0.5) is 0 Å². The second-order valence-corrected chi connectivity index (χ2v) is 10.3. The maximum atomic E-state index is 12.5. The first-order chi connectivity index (χ1) is 17.3. The van der Waals surface area contributed by atoms with Crippen molar-refractivity contribution < 1.29 is 9.53 Å². The summed E-state index contributed by atoms with van der Waals surface area (Å²) in [5.74, 6) is 1.93. The van der Waals surface area contributed by atoms with Gasteiger partial charge in [0.2, 0.25) is 5.91 Å². The molecule has 36 heavy (non-hydrogen) atoms. The number of rotatable bonds is 10. The van der Waals surface area contributed by atoms with Crippen LogP contribution in [0.3, 0.4) is 0 Å². The minimum atomic E-state index is 0.0397. The van der Waals surface area contributed by atoms with E-state index in [9.17, 15) is 4.79 Å². The molecule has 5 nitrogen and oxygen atoms in total. The van der Waals surface area contributed by atoms with E-state index in [1.54, 1.807) is 0 Å². The predicted molar refractivity (Wildman–Crippen MR) is 147 cm³/mol. The highest BCUT2D eigenvalue weighted by molar-refractivity contribution is 5.79. The Kier molecular flexibility index (Phi) is 8.09. The fourth-order valence-corrected chi connectivity index (χ4v) is 4.39. The first kappa shape index (κ1) is 25.5. The minimum Gasteiger partial charge on any atom is -0.494 e. The number of para-hydroxylation sites is 2. The number of carbonyl (C=O) groups excluding carboxylic acids is 1. The van der Waals surface area contributed by atoms with Crippen molar-refractivity contribution in [2.24, 2.45) is 0 Å². The molecule has 1 aromatic heterocycles. The Morgan fingerprint density at radius 3 is 2.44 bits per heavy atom. The number of benzene rings is 3. The number of nitrogens with zero attached hydrogens (tertiary/aromatic N) is 2. The molecular formula is C31H37N3O2. The molecule has 5 heteroatoms. The van der Waals surface area contributed by atoms with Crippen molar-refractivity contribution in [2.45, 2.75) is 58.9 Å². The van der Waals surface area contributed by atoms with Crippen LogP contribution >= 0.6 is 0 Å². The van der Waals surface area contributed by atoms with Crippen molar-refractivity contribution in [1.82, 2.24) is 14.9 Å². The third kappa shape index (κ3) is 6.54. The van der Waals surface area contributed by atoms with Crippen molar-refractivity contribution in [2.75, 3.05) is 13.2 Å². The number of ether oxygens (including phenoxy) is 1. The minimum absolute atomic E-state index is 0.0397. The van der Waals surface area contributed by atoms with E-state index in [-0.39, 0.29) is 11.3 Å². The first-order valence-corrected chi connectivity index (χ1v) is 12.8.